The number of carbonyl (C=O) groups is 1. The molecule has 0 saturated heterocycles. The van der Waals surface area contributed by atoms with Crippen LogP contribution >= 0.6 is 0 Å². The molecule has 4 nitrogen and oxygen atoms in total. The van der Waals surface area contributed by atoms with E-state index in [-0.39, 0.29) is 22.7 Å². The number of carboxylic acids is 1. The first-order chi connectivity index (χ1) is 15.5. The lowest BCUT2D eigenvalue weighted by Gasteiger charge is -2.14. The van der Waals surface area contributed by atoms with Crippen molar-refractivity contribution in [2.75, 3.05) is 7.11 Å². The second-order valence-electron chi connectivity index (χ2n) is 6.67. The number of ether oxygens (including phenoxy) is 1. The molecule has 0 amide bonds. The number of alkyl halides is 3. The van der Waals surface area contributed by atoms with E-state index in [1.807, 2.05) is 0 Å². The molecule has 33 heavy (non-hydrogen) atoms. The number of hydrogen-bond donors (Lipinski definition) is 1. The summed E-state index contributed by atoms with van der Waals surface area (Å²) >= 11 is 0. The van der Waals surface area contributed by atoms with Crippen LogP contribution < -0.4 is 0 Å². The number of rotatable bonds is 7. The number of halogens is 4. The van der Waals surface area contributed by atoms with Crippen LogP contribution in [-0.4, -0.2) is 30.3 Å². The third-order valence-corrected chi connectivity index (χ3v) is 4.54. The van der Waals surface area contributed by atoms with Gasteiger partial charge < -0.3 is 9.84 Å². The quantitative estimate of drug-likeness (QED) is 0.218. The summed E-state index contributed by atoms with van der Waals surface area (Å²) in [5, 5.41) is 8.93. The number of hydrogen-bond acceptors (Lipinski definition) is 3. The fourth-order valence-corrected chi connectivity index (χ4v) is 2.96. The van der Waals surface area contributed by atoms with Crippen molar-refractivity contribution in [3.8, 4) is 0 Å². The Kier molecular flexibility index (Phi) is 8.12. The molecule has 2 rings (SSSR count). The Balaban J connectivity index is 2.43. The van der Waals surface area contributed by atoms with Gasteiger partial charge in [-0.05, 0) is 42.3 Å². The molecule has 0 aliphatic carbocycles. The van der Waals surface area contributed by atoms with Crippen LogP contribution in [0.25, 0.3) is 11.3 Å². The van der Waals surface area contributed by atoms with Crippen molar-refractivity contribution >= 4 is 23.1 Å². The molecule has 1 N–H and O–H groups in total. The number of benzene rings is 2. The maximum atomic E-state index is 14.0. The molecule has 0 unspecified atom stereocenters. The van der Waals surface area contributed by atoms with Gasteiger partial charge in [-0.2, -0.15) is 13.2 Å². The highest BCUT2D eigenvalue weighted by atomic mass is 19.4. The molecular weight excluding hydrogens is 438 g/mol. The Morgan fingerprint density at radius 1 is 1.09 bits per heavy atom. The molecule has 0 bridgehead atoms. The van der Waals surface area contributed by atoms with Crippen molar-refractivity contribution < 1.29 is 32.2 Å². The number of allylic oxidation sites excluding steroid dienone is 5. The average Bonchev–Trinajstić information content (AvgIpc) is 2.76. The van der Waals surface area contributed by atoms with Gasteiger partial charge in [-0.15, -0.1) is 0 Å². The summed E-state index contributed by atoms with van der Waals surface area (Å²) in [6.45, 7) is 8.75. The Hall–Kier alpha value is -3.94. The molecule has 0 spiro atoms. The van der Waals surface area contributed by atoms with E-state index in [2.05, 4.69) is 18.2 Å². The molecule has 0 aliphatic heterocycles. The van der Waals surface area contributed by atoms with Crippen molar-refractivity contribution in [2.45, 2.75) is 13.1 Å². The SMILES string of the molecule is C=C/C(=C(\C=C/C)C(F)(F)F)c1ccc(C(=NC(=C)c2ccc(C(=O)O)c(F)c2)OC)cc1. The average molecular weight is 459 g/mol. The molecule has 172 valence electrons. The van der Waals surface area contributed by atoms with Gasteiger partial charge in [-0.25, -0.2) is 14.2 Å². The van der Waals surface area contributed by atoms with E-state index in [9.17, 15) is 22.4 Å². The van der Waals surface area contributed by atoms with Crippen molar-refractivity contribution in [1.82, 2.24) is 0 Å². The maximum Gasteiger partial charge on any atom is 0.416 e. The van der Waals surface area contributed by atoms with Crippen LogP contribution in [0.5, 0.6) is 0 Å². The summed E-state index contributed by atoms with van der Waals surface area (Å²) in [6.07, 6.45) is -1.14. The Morgan fingerprint density at radius 2 is 1.67 bits per heavy atom. The third kappa shape index (κ3) is 6.06. The Labute approximate surface area is 188 Å². The lowest BCUT2D eigenvalue weighted by atomic mass is 9.98. The van der Waals surface area contributed by atoms with E-state index in [1.54, 1.807) is 0 Å². The van der Waals surface area contributed by atoms with Crippen molar-refractivity contribution in [3.63, 3.8) is 0 Å². The third-order valence-electron chi connectivity index (χ3n) is 4.54. The van der Waals surface area contributed by atoms with Gasteiger partial charge in [0.25, 0.3) is 0 Å². The molecule has 0 aromatic heterocycles. The maximum absolute atomic E-state index is 14.0. The lowest BCUT2D eigenvalue weighted by Crippen LogP contribution is -2.12. The van der Waals surface area contributed by atoms with Crippen LogP contribution in [0.1, 0.15) is 34.0 Å². The zero-order chi connectivity index (χ0) is 24.8. The molecule has 2 aromatic rings. The smallest absolute Gasteiger partial charge is 0.416 e. The molecular formula is C25H21F4NO3. The predicted octanol–water partition coefficient (Wildman–Crippen LogP) is 6.67. The van der Waals surface area contributed by atoms with Crippen LogP contribution in [-0.2, 0) is 4.74 Å². The van der Waals surface area contributed by atoms with Gasteiger partial charge in [0.1, 0.15) is 5.82 Å². The summed E-state index contributed by atoms with van der Waals surface area (Å²) in [4.78, 5) is 15.2. The zero-order valence-corrected chi connectivity index (χ0v) is 17.9. The summed E-state index contributed by atoms with van der Waals surface area (Å²) in [5.41, 5.74) is -0.323. The van der Waals surface area contributed by atoms with E-state index in [4.69, 9.17) is 9.84 Å². The number of methoxy groups -OCH3 is 1. The molecule has 8 heteroatoms. The molecule has 0 aliphatic rings. The van der Waals surface area contributed by atoms with Crippen molar-refractivity contribution in [1.29, 1.82) is 0 Å². The highest BCUT2D eigenvalue weighted by molar-refractivity contribution is 5.98. The van der Waals surface area contributed by atoms with Crippen LogP contribution in [0.4, 0.5) is 17.6 Å². The van der Waals surface area contributed by atoms with Crippen LogP contribution in [0.3, 0.4) is 0 Å². The van der Waals surface area contributed by atoms with E-state index >= 15 is 0 Å². The lowest BCUT2D eigenvalue weighted by molar-refractivity contribution is -0.0875. The first kappa shape index (κ1) is 25.3. The van der Waals surface area contributed by atoms with E-state index < -0.39 is 29.1 Å². The fraction of sp³-hybridized carbons (Fsp3) is 0.120. The molecule has 0 fully saturated rings. The van der Waals surface area contributed by atoms with Crippen LogP contribution in [0.2, 0.25) is 0 Å². The van der Waals surface area contributed by atoms with Gasteiger partial charge in [0.15, 0.2) is 0 Å². The van der Waals surface area contributed by atoms with Gasteiger partial charge in [0.2, 0.25) is 5.90 Å². The highest BCUT2D eigenvalue weighted by Gasteiger charge is 2.34. The first-order valence-corrected chi connectivity index (χ1v) is 9.55. The number of aliphatic imine (C=N–C) groups is 1. The monoisotopic (exact) mass is 459 g/mol. The number of carboxylic acid groups (broad SMARTS) is 1. The van der Waals surface area contributed by atoms with Crippen molar-refractivity contribution in [3.05, 3.63) is 107 Å². The molecule has 0 heterocycles. The predicted molar refractivity (Wildman–Crippen MR) is 120 cm³/mol. The van der Waals surface area contributed by atoms with Crippen LogP contribution in [0.15, 0.2) is 84.4 Å². The second-order valence-corrected chi connectivity index (χ2v) is 6.67. The fourth-order valence-electron chi connectivity index (χ4n) is 2.96. The van der Waals surface area contributed by atoms with Gasteiger partial charge in [0.05, 0.1) is 23.9 Å². The minimum atomic E-state index is -4.56. The highest BCUT2D eigenvalue weighted by Crippen LogP contribution is 2.34. The molecule has 0 saturated carbocycles. The number of nitrogens with zero attached hydrogens (tertiary/aromatic N) is 1. The van der Waals surface area contributed by atoms with E-state index in [0.29, 0.717) is 11.1 Å². The van der Waals surface area contributed by atoms with Gasteiger partial charge in [-0.1, -0.05) is 49.6 Å². The Morgan fingerprint density at radius 3 is 2.12 bits per heavy atom. The normalized spacial score (nSPS) is 13.0. The summed E-state index contributed by atoms with van der Waals surface area (Å²) in [7, 11) is 1.34. The van der Waals surface area contributed by atoms with Gasteiger partial charge in [0, 0.05) is 11.1 Å². The zero-order valence-electron chi connectivity index (χ0n) is 17.9. The molecule has 0 radical (unpaired) electrons. The van der Waals surface area contributed by atoms with Gasteiger partial charge in [-0.3, -0.25) is 0 Å². The van der Waals surface area contributed by atoms with E-state index in [0.717, 1.165) is 24.3 Å². The van der Waals surface area contributed by atoms with Crippen LogP contribution in [0, 0.1) is 5.82 Å². The first-order valence-electron chi connectivity index (χ1n) is 9.55. The summed E-state index contributed by atoms with van der Waals surface area (Å²) < 4.78 is 59.5. The number of aromatic carboxylic acids is 1. The standard InChI is InChI=1S/C25H21F4NO3/c1-5-7-21(25(27,28)29)19(6-2)16-8-10-17(11-9-16)23(33-4)30-15(3)18-12-13-20(24(31)32)22(26)14-18/h5-14H,2-3H2,1,4H3,(H,31,32)/b7-5-,21-19-,30-23?. The second kappa shape index (κ2) is 10.6. The summed E-state index contributed by atoms with van der Waals surface area (Å²) in [5.74, 6) is -2.25. The van der Waals surface area contributed by atoms with Crippen molar-refractivity contribution in [2.24, 2.45) is 4.99 Å². The topological polar surface area (TPSA) is 58.9 Å². The largest absolute Gasteiger partial charge is 0.481 e. The summed E-state index contributed by atoms with van der Waals surface area (Å²) in [6, 6.07) is 9.43. The minimum absolute atomic E-state index is 0.0820. The molecule has 0 atom stereocenters. The molecule has 2 aromatic carbocycles. The van der Waals surface area contributed by atoms with Gasteiger partial charge >= 0.3 is 12.1 Å². The minimum Gasteiger partial charge on any atom is -0.481 e. The Bertz CT molecular complexity index is 1160. The van der Waals surface area contributed by atoms with E-state index in [1.165, 1.54) is 50.4 Å².